The maximum Gasteiger partial charge on any atom is 0.322 e. The normalized spacial score (nSPS) is 15.1. The molecule has 2 rings (SSSR count). The van der Waals surface area contributed by atoms with Gasteiger partial charge < -0.3 is 20.1 Å². The van der Waals surface area contributed by atoms with Crippen LogP contribution in [0, 0.1) is 0 Å². The van der Waals surface area contributed by atoms with Crippen LogP contribution in [0.1, 0.15) is 5.69 Å². The van der Waals surface area contributed by atoms with Crippen molar-refractivity contribution in [3.05, 3.63) is 24.0 Å². The molecule has 2 amide bonds. The number of nitrogens with zero attached hydrogens (tertiary/aromatic N) is 2. The molecular formula is C12H15N3O4. The lowest BCUT2D eigenvalue weighted by Crippen LogP contribution is -2.43. The average molecular weight is 265 g/mol. The van der Waals surface area contributed by atoms with Crippen molar-refractivity contribution in [2.45, 2.75) is 6.42 Å². The molecule has 0 saturated carbocycles. The van der Waals surface area contributed by atoms with Gasteiger partial charge in [-0.3, -0.25) is 9.78 Å². The maximum atomic E-state index is 11.9. The Bertz CT molecular complexity index is 455. The summed E-state index contributed by atoms with van der Waals surface area (Å²) in [5.74, 6) is -0.933. The van der Waals surface area contributed by atoms with E-state index in [9.17, 15) is 9.59 Å². The van der Waals surface area contributed by atoms with Crippen molar-refractivity contribution in [2.75, 3.05) is 31.6 Å². The van der Waals surface area contributed by atoms with Crippen LogP contribution in [-0.2, 0) is 16.0 Å². The van der Waals surface area contributed by atoms with Crippen molar-refractivity contribution in [3.63, 3.8) is 0 Å². The number of aromatic nitrogens is 1. The largest absolute Gasteiger partial charge is 0.481 e. The predicted molar refractivity (Wildman–Crippen MR) is 67.0 cm³/mol. The molecule has 2 heterocycles. The highest BCUT2D eigenvalue weighted by Crippen LogP contribution is 2.09. The Hall–Kier alpha value is -2.15. The Morgan fingerprint density at radius 1 is 1.37 bits per heavy atom. The first kappa shape index (κ1) is 13.3. The van der Waals surface area contributed by atoms with Crippen LogP contribution in [0.25, 0.3) is 0 Å². The van der Waals surface area contributed by atoms with Crippen molar-refractivity contribution in [1.29, 1.82) is 0 Å². The molecule has 102 valence electrons. The molecule has 0 atom stereocenters. The number of morpholine rings is 1. The zero-order chi connectivity index (χ0) is 13.7. The number of carboxylic acids is 1. The van der Waals surface area contributed by atoms with Gasteiger partial charge in [-0.05, 0) is 12.1 Å². The lowest BCUT2D eigenvalue weighted by atomic mass is 10.2. The second-order valence-corrected chi connectivity index (χ2v) is 4.14. The maximum absolute atomic E-state index is 11.9. The number of nitrogens with one attached hydrogen (secondary N) is 1. The van der Waals surface area contributed by atoms with Gasteiger partial charge in [0.2, 0.25) is 0 Å². The summed E-state index contributed by atoms with van der Waals surface area (Å²) in [5.41, 5.74) is 1.00. The minimum Gasteiger partial charge on any atom is -0.481 e. The van der Waals surface area contributed by atoms with Gasteiger partial charge in [-0.15, -0.1) is 0 Å². The van der Waals surface area contributed by atoms with Crippen LogP contribution in [-0.4, -0.2) is 53.3 Å². The van der Waals surface area contributed by atoms with E-state index in [1.807, 2.05) is 0 Å². The number of carbonyl (C=O) groups excluding carboxylic acids is 1. The highest BCUT2D eigenvalue weighted by atomic mass is 16.5. The zero-order valence-corrected chi connectivity index (χ0v) is 10.3. The molecule has 0 aromatic carbocycles. The minimum absolute atomic E-state index is 0.127. The summed E-state index contributed by atoms with van der Waals surface area (Å²) in [7, 11) is 0. The van der Waals surface area contributed by atoms with Gasteiger partial charge in [-0.25, -0.2) is 4.79 Å². The number of carboxylic acid groups (broad SMARTS) is 1. The molecule has 1 fully saturated rings. The van der Waals surface area contributed by atoms with Crippen molar-refractivity contribution < 1.29 is 19.4 Å². The summed E-state index contributed by atoms with van der Waals surface area (Å²) >= 11 is 0. The van der Waals surface area contributed by atoms with Crippen LogP contribution >= 0.6 is 0 Å². The van der Waals surface area contributed by atoms with Gasteiger partial charge in [0.05, 0.1) is 37.2 Å². The second-order valence-electron chi connectivity index (χ2n) is 4.14. The number of amides is 2. The molecule has 0 aliphatic carbocycles. The van der Waals surface area contributed by atoms with Crippen LogP contribution < -0.4 is 5.32 Å². The fraction of sp³-hybridized carbons (Fsp3) is 0.417. The molecule has 0 bridgehead atoms. The molecule has 19 heavy (non-hydrogen) atoms. The van der Waals surface area contributed by atoms with Crippen LogP contribution in [0.5, 0.6) is 0 Å². The molecule has 2 N–H and O–H groups in total. The molecule has 1 aromatic rings. The quantitative estimate of drug-likeness (QED) is 0.833. The number of carbonyl (C=O) groups is 2. The van der Waals surface area contributed by atoms with Crippen molar-refractivity contribution in [1.82, 2.24) is 9.88 Å². The molecule has 0 unspecified atom stereocenters. The van der Waals surface area contributed by atoms with Crippen molar-refractivity contribution in [3.8, 4) is 0 Å². The molecule has 1 aromatic heterocycles. The third-order valence-corrected chi connectivity index (χ3v) is 2.71. The Labute approximate surface area is 110 Å². The number of anilines is 1. The van der Waals surface area contributed by atoms with E-state index in [0.29, 0.717) is 37.7 Å². The fourth-order valence-corrected chi connectivity index (χ4v) is 1.73. The average Bonchev–Trinajstić information content (AvgIpc) is 2.41. The molecule has 7 nitrogen and oxygen atoms in total. The topological polar surface area (TPSA) is 91.8 Å². The van der Waals surface area contributed by atoms with Gasteiger partial charge in [-0.1, -0.05) is 0 Å². The van der Waals surface area contributed by atoms with E-state index in [1.165, 1.54) is 6.20 Å². The van der Waals surface area contributed by atoms with Gasteiger partial charge in [0.1, 0.15) is 0 Å². The summed E-state index contributed by atoms with van der Waals surface area (Å²) < 4.78 is 5.16. The smallest absolute Gasteiger partial charge is 0.322 e. The second kappa shape index (κ2) is 6.14. The summed E-state index contributed by atoms with van der Waals surface area (Å²) in [6.45, 7) is 2.22. The van der Waals surface area contributed by atoms with Gasteiger partial charge in [0.15, 0.2) is 0 Å². The first-order chi connectivity index (χ1) is 9.15. The van der Waals surface area contributed by atoms with Gasteiger partial charge >= 0.3 is 12.0 Å². The number of hydrogen-bond donors (Lipinski definition) is 2. The van der Waals surface area contributed by atoms with Gasteiger partial charge in [0.25, 0.3) is 0 Å². The fourth-order valence-electron chi connectivity index (χ4n) is 1.73. The summed E-state index contributed by atoms with van der Waals surface area (Å²) in [6, 6.07) is 3.03. The van der Waals surface area contributed by atoms with Crippen LogP contribution in [0.2, 0.25) is 0 Å². The van der Waals surface area contributed by atoms with Crippen molar-refractivity contribution >= 4 is 17.7 Å². The van der Waals surface area contributed by atoms with Crippen LogP contribution in [0.4, 0.5) is 10.5 Å². The molecule has 1 aliphatic rings. The third kappa shape index (κ3) is 3.92. The highest BCUT2D eigenvalue weighted by Gasteiger charge is 2.16. The number of urea groups is 1. The standard InChI is InChI=1S/C12H15N3O4/c16-11(17)7-9-1-2-10(8-13-9)14-12(18)15-3-5-19-6-4-15/h1-2,8H,3-7H2,(H,14,18)(H,16,17). The first-order valence-corrected chi connectivity index (χ1v) is 5.95. The SMILES string of the molecule is O=C(O)Cc1ccc(NC(=O)N2CCOCC2)cn1. The van der Waals surface area contributed by atoms with E-state index in [2.05, 4.69) is 10.3 Å². The number of pyridine rings is 1. The van der Waals surface area contributed by atoms with Gasteiger partial charge in [-0.2, -0.15) is 0 Å². The molecule has 1 aliphatic heterocycles. The van der Waals surface area contributed by atoms with E-state index in [1.54, 1.807) is 17.0 Å². The number of hydrogen-bond acceptors (Lipinski definition) is 4. The Balaban J connectivity index is 1.91. The molecule has 1 saturated heterocycles. The molecule has 7 heteroatoms. The van der Waals surface area contributed by atoms with Crippen molar-refractivity contribution in [2.24, 2.45) is 0 Å². The Morgan fingerprint density at radius 3 is 2.68 bits per heavy atom. The third-order valence-electron chi connectivity index (χ3n) is 2.71. The lowest BCUT2D eigenvalue weighted by molar-refractivity contribution is -0.136. The first-order valence-electron chi connectivity index (χ1n) is 5.95. The number of ether oxygens (including phenoxy) is 1. The van der Waals surface area contributed by atoms with Crippen LogP contribution in [0.15, 0.2) is 18.3 Å². The minimum atomic E-state index is -0.933. The van der Waals surface area contributed by atoms with Gasteiger partial charge in [0, 0.05) is 13.1 Å². The van der Waals surface area contributed by atoms with E-state index < -0.39 is 5.97 Å². The Morgan fingerprint density at radius 2 is 2.11 bits per heavy atom. The van der Waals surface area contributed by atoms with E-state index in [0.717, 1.165) is 0 Å². The highest BCUT2D eigenvalue weighted by molar-refractivity contribution is 5.89. The molecule has 0 spiro atoms. The Kier molecular flexibility index (Phi) is 4.30. The summed E-state index contributed by atoms with van der Waals surface area (Å²) in [5, 5.41) is 11.3. The summed E-state index contributed by atoms with van der Waals surface area (Å²) in [6.07, 6.45) is 1.33. The van der Waals surface area contributed by atoms with E-state index >= 15 is 0 Å². The number of aliphatic carboxylic acids is 1. The molecular weight excluding hydrogens is 250 g/mol. The number of rotatable bonds is 3. The van der Waals surface area contributed by atoms with E-state index in [-0.39, 0.29) is 12.5 Å². The predicted octanol–water partition coefficient (Wildman–Crippen LogP) is 0.573. The van der Waals surface area contributed by atoms with Crippen LogP contribution in [0.3, 0.4) is 0 Å². The monoisotopic (exact) mass is 265 g/mol. The van der Waals surface area contributed by atoms with E-state index in [4.69, 9.17) is 9.84 Å². The summed E-state index contributed by atoms with van der Waals surface area (Å²) in [4.78, 5) is 28.0. The lowest BCUT2D eigenvalue weighted by Gasteiger charge is -2.26. The molecule has 0 radical (unpaired) electrons. The zero-order valence-electron chi connectivity index (χ0n) is 10.3.